The zero-order chi connectivity index (χ0) is 16.0. The standard InChI is InChI=1S/C13H21N3O3.C2H6/c1-10-9-12(18)16(13(10)19)8-5-14-3-6-15(7-4-14)11(2)17;1-2/h10H,3-9H2,1-2H3;1-2H3. The molecule has 2 rings (SSSR count). The third-order valence-electron chi connectivity index (χ3n) is 3.93. The number of piperazine rings is 1. The van der Waals surface area contributed by atoms with Crippen LogP contribution in [0.2, 0.25) is 0 Å². The van der Waals surface area contributed by atoms with Gasteiger partial charge >= 0.3 is 0 Å². The van der Waals surface area contributed by atoms with E-state index in [2.05, 4.69) is 4.90 Å². The highest BCUT2D eigenvalue weighted by atomic mass is 16.2. The highest BCUT2D eigenvalue weighted by Crippen LogP contribution is 2.18. The van der Waals surface area contributed by atoms with Crippen molar-refractivity contribution in [2.24, 2.45) is 5.92 Å². The highest BCUT2D eigenvalue weighted by molar-refractivity contribution is 6.03. The van der Waals surface area contributed by atoms with Crippen LogP contribution < -0.4 is 0 Å². The minimum atomic E-state index is -0.165. The first kappa shape index (κ1) is 17.6. The predicted octanol–water partition coefficient (Wildman–Crippen LogP) is 0.572. The molecule has 120 valence electrons. The Morgan fingerprint density at radius 3 is 2.10 bits per heavy atom. The summed E-state index contributed by atoms with van der Waals surface area (Å²) in [6, 6.07) is 0. The van der Waals surface area contributed by atoms with Crippen molar-refractivity contribution in [2.45, 2.75) is 34.1 Å². The van der Waals surface area contributed by atoms with Crippen LogP contribution in [0.15, 0.2) is 0 Å². The summed E-state index contributed by atoms with van der Waals surface area (Å²) in [6.07, 6.45) is 0.344. The number of likely N-dealkylation sites (tertiary alicyclic amines) is 1. The first-order valence-electron chi connectivity index (χ1n) is 7.81. The van der Waals surface area contributed by atoms with Crippen molar-refractivity contribution in [3.8, 4) is 0 Å². The molecule has 21 heavy (non-hydrogen) atoms. The third kappa shape index (κ3) is 4.52. The summed E-state index contributed by atoms with van der Waals surface area (Å²) in [4.78, 5) is 40.0. The average molecular weight is 297 g/mol. The van der Waals surface area contributed by atoms with E-state index in [4.69, 9.17) is 0 Å². The zero-order valence-electron chi connectivity index (χ0n) is 13.6. The van der Waals surface area contributed by atoms with Gasteiger partial charge in [-0.05, 0) is 0 Å². The van der Waals surface area contributed by atoms with Crippen molar-refractivity contribution < 1.29 is 14.4 Å². The second-order valence-corrected chi connectivity index (χ2v) is 5.34. The summed E-state index contributed by atoms with van der Waals surface area (Å²) in [5.41, 5.74) is 0. The third-order valence-corrected chi connectivity index (χ3v) is 3.93. The number of rotatable bonds is 3. The Morgan fingerprint density at radius 1 is 1.10 bits per heavy atom. The van der Waals surface area contributed by atoms with Gasteiger partial charge in [-0.2, -0.15) is 0 Å². The molecular weight excluding hydrogens is 270 g/mol. The van der Waals surface area contributed by atoms with Gasteiger partial charge in [0.25, 0.3) is 0 Å². The molecule has 0 aromatic carbocycles. The quantitative estimate of drug-likeness (QED) is 0.715. The molecule has 2 saturated heterocycles. The Bertz CT molecular complexity index is 390. The Kier molecular flexibility index (Phi) is 6.81. The van der Waals surface area contributed by atoms with E-state index in [9.17, 15) is 14.4 Å². The highest BCUT2D eigenvalue weighted by Gasteiger charge is 2.35. The molecule has 0 radical (unpaired) electrons. The van der Waals surface area contributed by atoms with Crippen LogP contribution in [0.5, 0.6) is 0 Å². The predicted molar refractivity (Wildman–Crippen MR) is 80.5 cm³/mol. The molecule has 2 fully saturated rings. The fourth-order valence-electron chi connectivity index (χ4n) is 2.61. The molecule has 0 N–H and O–H groups in total. The molecular formula is C15H27N3O3. The van der Waals surface area contributed by atoms with Crippen LogP contribution in [0.3, 0.4) is 0 Å². The first-order valence-corrected chi connectivity index (χ1v) is 7.81. The van der Waals surface area contributed by atoms with Crippen LogP contribution in [0.1, 0.15) is 34.1 Å². The number of hydrogen-bond acceptors (Lipinski definition) is 4. The second-order valence-electron chi connectivity index (χ2n) is 5.34. The van der Waals surface area contributed by atoms with Gasteiger partial charge in [0.05, 0.1) is 0 Å². The number of amides is 3. The average Bonchev–Trinajstić information content (AvgIpc) is 2.73. The number of hydrogen-bond donors (Lipinski definition) is 0. The topological polar surface area (TPSA) is 60.9 Å². The maximum Gasteiger partial charge on any atom is 0.232 e. The summed E-state index contributed by atoms with van der Waals surface area (Å²) >= 11 is 0. The molecule has 0 aromatic rings. The van der Waals surface area contributed by atoms with E-state index in [0.29, 0.717) is 19.5 Å². The van der Waals surface area contributed by atoms with Gasteiger partial charge in [0.15, 0.2) is 0 Å². The van der Waals surface area contributed by atoms with Gasteiger partial charge in [-0.25, -0.2) is 0 Å². The Hall–Kier alpha value is -1.43. The van der Waals surface area contributed by atoms with E-state index in [1.165, 1.54) is 4.90 Å². The summed E-state index contributed by atoms with van der Waals surface area (Å²) in [5.74, 6) is -0.160. The van der Waals surface area contributed by atoms with E-state index >= 15 is 0 Å². The fraction of sp³-hybridized carbons (Fsp3) is 0.800. The lowest BCUT2D eigenvalue weighted by Gasteiger charge is -2.34. The maximum atomic E-state index is 11.8. The monoisotopic (exact) mass is 297 g/mol. The Balaban J connectivity index is 0.00000106. The molecule has 0 bridgehead atoms. The first-order chi connectivity index (χ1) is 9.99. The second kappa shape index (κ2) is 8.12. The molecule has 6 heteroatoms. The fourth-order valence-corrected chi connectivity index (χ4v) is 2.61. The summed E-state index contributed by atoms with van der Waals surface area (Å²) in [6.45, 7) is 11.6. The largest absolute Gasteiger partial charge is 0.340 e. The van der Waals surface area contributed by atoms with Crippen molar-refractivity contribution in [1.82, 2.24) is 14.7 Å². The van der Waals surface area contributed by atoms with Crippen LogP contribution in [0, 0.1) is 5.92 Å². The van der Waals surface area contributed by atoms with Crippen LogP contribution in [-0.2, 0) is 14.4 Å². The smallest absolute Gasteiger partial charge is 0.232 e. The molecule has 6 nitrogen and oxygen atoms in total. The van der Waals surface area contributed by atoms with Gasteiger partial charge in [0, 0.05) is 58.5 Å². The summed E-state index contributed by atoms with van der Waals surface area (Å²) in [5, 5.41) is 0. The molecule has 2 heterocycles. The molecule has 0 spiro atoms. The van der Waals surface area contributed by atoms with E-state index in [1.54, 1.807) is 13.8 Å². The van der Waals surface area contributed by atoms with Gasteiger partial charge < -0.3 is 4.90 Å². The lowest BCUT2D eigenvalue weighted by atomic mass is 10.1. The molecule has 3 amide bonds. The van der Waals surface area contributed by atoms with E-state index in [-0.39, 0.29) is 23.6 Å². The number of carbonyl (C=O) groups excluding carboxylic acids is 3. The molecule has 1 unspecified atom stereocenters. The van der Waals surface area contributed by atoms with Gasteiger partial charge in [0.2, 0.25) is 17.7 Å². The van der Waals surface area contributed by atoms with Gasteiger partial charge in [-0.3, -0.25) is 24.2 Å². The molecule has 1 atom stereocenters. The Morgan fingerprint density at radius 2 is 1.67 bits per heavy atom. The number of nitrogens with zero attached hydrogens (tertiary/aromatic N) is 3. The summed E-state index contributed by atoms with van der Waals surface area (Å²) < 4.78 is 0. The molecule has 0 aromatic heterocycles. The zero-order valence-corrected chi connectivity index (χ0v) is 13.6. The van der Waals surface area contributed by atoms with Crippen molar-refractivity contribution in [1.29, 1.82) is 0 Å². The van der Waals surface area contributed by atoms with Gasteiger partial charge in [0.1, 0.15) is 0 Å². The minimum absolute atomic E-state index is 0.0487. The molecule has 2 aliphatic heterocycles. The Labute approximate surface area is 127 Å². The maximum absolute atomic E-state index is 11.8. The van der Waals surface area contributed by atoms with Crippen LogP contribution in [0.25, 0.3) is 0 Å². The lowest BCUT2D eigenvalue weighted by Crippen LogP contribution is -2.50. The molecule has 0 saturated carbocycles. The van der Waals surface area contributed by atoms with Crippen LogP contribution >= 0.6 is 0 Å². The minimum Gasteiger partial charge on any atom is -0.340 e. The number of carbonyl (C=O) groups is 3. The lowest BCUT2D eigenvalue weighted by molar-refractivity contribution is -0.139. The van der Waals surface area contributed by atoms with Crippen molar-refractivity contribution in [2.75, 3.05) is 39.3 Å². The molecule has 2 aliphatic rings. The van der Waals surface area contributed by atoms with Crippen molar-refractivity contribution >= 4 is 17.7 Å². The van der Waals surface area contributed by atoms with E-state index < -0.39 is 0 Å². The van der Waals surface area contributed by atoms with E-state index in [0.717, 1.165) is 26.2 Å². The van der Waals surface area contributed by atoms with Crippen molar-refractivity contribution in [3.05, 3.63) is 0 Å². The molecule has 0 aliphatic carbocycles. The summed E-state index contributed by atoms with van der Waals surface area (Å²) in [7, 11) is 0. The number of imide groups is 1. The normalized spacial score (nSPS) is 23.1. The van der Waals surface area contributed by atoms with Crippen LogP contribution in [0.4, 0.5) is 0 Å². The van der Waals surface area contributed by atoms with Crippen molar-refractivity contribution in [3.63, 3.8) is 0 Å². The van der Waals surface area contributed by atoms with Gasteiger partial charge in [-0.15, -0.1) is 0 Å². The van der Waals surface area contributed by atoms with E-state index in [1.807, 2.05) is 18.7 Å². The SMILES string of the molecule is CC.CC(=O)N1CCN(CCN2C(=O)CC(C)C2=O)CC1. The van der Waals surface area contributed by atoms with Crippen LogP contribution in [-0.4, -0.2) is 71.7 Å². The van der Waals surface area contributed by atoms with Gasteiger partial charge in [-0.1, -0.05) is 20.8 Å².